The van der Waals surface area contributed by atoms with Crippen molar-refractivity contribution >= 4 is 107 Å². The van der Waals surface area contributed by atoms with Gasteiger partial charge < -0.3 is 34.9 Å². The van der Waals surface area contributed by atoms with Crippen LogP contribution < -0.4 is 139 Å². The average Bonchev–Trinajstić information content (AvgIpc) is 3.71. The van der Waals surface area contributed by atoms with Crippen molar-refractivity contribution < 1.29 is 203 Å². The van der Waals surface area contributed by atoms with Crippen LogP contribution in [0.1, 0.15) is 87.6 Å². The van der Waals surface area contributed by atoms with Gasteiger partial charge in [-0.05, 0) is 144 Å². The molecule has 0 bridgehead atoms. The molecular weight excluding hydrogens is 1160 g/mol. The Hall–Kier alpha value is -0.710. The number of carboxylic acid groups (broad SMARTS) is 1. The van der Waals surface area contributed by atoms with Crippen molar-refractivity contribution in [3.63, 3.8) is 0 Å². The molecule has 2 aliphatic heterocycles. The standard InChI is InChI=1S/C51H56N2O17S5.4Na/c1-32-27-36(72-69-66-57)29-40-38(32)17-19-42-48(40)50(2,3)46(53(42)24-10-26-74(59,60)61)22-16-34(35-13-8-12-33(28-35)11-6-7-14-47(54)55)15-21-45-51(4,5)49-41-30-37(75(62,63)64)31-44(73-70-67-58)39(41)18-20-43(49)52(45)23-9-25-71-68-65-56;;;;/h8,12-13,15-22,27-31H,6-7,9-11,14,23-26H2,1-5H3,(H5-,54,55,56,57,58,59,60,61,62,63,64);;;;/q;4*+1/p-4. The number of anilines is 1. The topological polar surface area (TPSA) is 283 Å². The number of rotatable bonds is 26. The van der Waals surface area contributed by atoms with Crippen LogP contribution in [-0.2, 0) is 70.4 Å². The maximum Gasteiger partial charge on any atom is 1.00 e. The van der Waals surface area contributed by atoms with Gasteiger partial charge in [0.1, 0.15) is 16.7 Å². The summed E-state index contributed by atoms with van der Waals surface area (Å²) in [5.74, 6) is -1.13. The third-order valence-electron chi connectivity index (χ3n) is 13.3. The third-order valence-corrected chi connectivity index (χ3v) is 16.7. The summed E-state index contributed by atoms with van der Waals surface area (Å²) >= 11 is 2.05. The molecule has 5 aromatic rings. The second kappa shape index (κ2) is 32.1. The number of aliphatic carboxylic acids is 1. The maximum atomic E-state index is 12.6. The third kappa shape index (κ3) is 17.9. The van der Waals surface area contributed by atoms with E-state index in [0.717, 1.165) is 80.3 Å². The Morgan fingerprint density at radius 3 is 2.11 bits per heavy atom. The molecule has 0 aliphatic carbocycles. The van der Waals surface area contributed by atoms with Gasteiger partial charge in [0.25, 0.3) is 0 Å². The number of aryl methyl sites for hydroxylation is 2. The Balaban J connectivity index is 0.00000410. The Kier molecular flexibility index (Phi) is 29.5. The van der Waals surface area contributed by atoms with E-state index < -0.39 is 47.7 Å². The maximum absolute atomic E-state index is 12.6. The van der Waals surface area contributed by atoms with E-state index in [-0.39, 0.29) is 143 Å². The first-order valence-corrected chi connectivity index (χ1v) is 28.8. The van der Waals surface area contributed by atoms with Crippen LogP contribution in [0.25, 0.3) is 27.1 Å². The Morgan fingerprint density at radius 1 is 0.759 bits per heavy atom. The van der Waals surface area contributed by atoms with E-state index >= 15 is 0 Å². The number of hydrogen-bond donors (Lipinski definition) is 1. The Labute approximate surface area is 560 Å². The molecule has 5 aromatic carbocycles. The largest absolute Gasteiger partial charge is 1.00 e. The van der Waals surface area contributed by atoms with Crippen molar-refractivity contribution in [1.29, 1.82) is 0 Å². The number of nitrogens with zero attached hydrogens (tertiary/aromatic N) is 2. The van der Waals surface area contributed by atoms with Gasteiger partial charge in [0, 0.05) is 87.2 Å². The first-order valence-electron chi connectivity index (χ1n) is 23.4. The average molecular weight is 1220 g/mol. The molecule has 0 saturated heterocycles. The molecule has 0 atom stereocenters. The summed E-state index contributed by atoms with van der Waals surface area (Å²) < 4.78 is 89.5. The number of hydrogen-bond acceptors (Lipinski definition) is 20. The number of carbonyl (C=O) groups is 1. The summed E-state index contributed by atoms with van der Waals surface area (Å²) in [5, 5.41) is 55.1. The molecule has 0 radical (unpaired) electrons. The summed E-state index contributed by atoms with van der Waals surface area (Å²) in [6, 6.07) is 21.5. The van der Waals surface area contributed by atoms with E-state index in [9.17, 15) is 51.6 Å². The van der Waals surface area contributed by atoms with Crippen molar-refractivity contribution in [2.75, 3.05) is 29.5 Å². The van der Waals surface area contributed by atoms with E-state index in [0.29, 0.717) is 82.5 Å². The van der Waals surface area contributed by atoms with Crippen LogP contribution in [0, 0.1) is 6.92 Å². The molecule has 28 heteroatoms. The number of allylic oxidation sites excluding steroid dienone is 6. The molecule has 0 saturated carbocycles. The summed E-state index contributed by atoms with van der Waals surface area (Å²) in [6.07, 6.45) is 10.0. The van der Waals surface area contributed by atoms with Gasteiger partial charge in [0.05, 0.1) is 44.5 Å². The number of fused-ring (bicyclic) bond motifs is 6. The van der Waals surface area contributed by atoms with Crippen LogP contribution in [0.4, 0.5) is 11.4 Å². The fourth-order valence-corrected chi connectivity index (χ4v) is 12.6. The minimum absolute atomic E-state index is 0. The van der Waals surface area contributed by atoms with Crippen molar-refractivity contribution in [3.05, 3.63) is 131 Å². The van der Waals surface area contributed by atoms with E-state index in [1.807, 2.05) is 118 Å². The first-order chi connectivity index (χ1) is 35.6. The molecule has 79 heavy (non-hydrogen) atoms. The molecule has 402 valence electrons. The molecule has 2 heterocycles. The minimum atomic E-state index is -5.02. The number of carboxylic acids is 1. The molecule has 0 unspecified atom stereocenters. The zero-order chi connectivity index (χ0) is 54.3. The summed E-state index contributed by atoms with van der Waals surface area (Å²) in [7, 11) is -9.57. The second-order valence-corrected chi connectivity index (χ2v) is 24.0. The second-order valence-electron chi connectivity index (χ2n) is 18.8. The molecular formula is C51H52N2Na4O17S5. The molecule has 19 nitrogen and oxygen atoms in total. The van der Waals surface area contributed by atoms with E-state index in [1.165, 1.54) is 6.07 Å². The quantitative estimate of drug-likeness (QED) is 0.00797. The summed E-state index contributed by atoms with van der Waals surface area (Å²) in [6.45, 7) is 10.5. The molecule has 7 rings (SSSR count). The molecule has 0 aromatic heterocycles. The smallest absolute Gasteiger partial charge is 0.748 e. The van der Waals surface area contributed by atoms with Gasteiger partial charge in [-0.3, -0.25) is 19.9 Å². The van der Waals surface area contributed by atoms with Gasteiger partial charge in [-0.2, -0.15) is 17.6 Å². The molecule has 0 fully saturated rings. The Bertz CT molecular complexity index is 3340. The van der Waals surface area contributed by atoms with Gasteiger partial charge in [-0.25, -0.2) is 16.8 Å². The van der Waals surface area contributed by atoms with E-state index in [2.05, 4.69) is 28.4 Å². The van der Waals surface area contributed by atoms with Crippen LogP contribution in [-0.4, -0.2) is 71.9 Å². The number of unbranched alkanes of at least 4 members (excludes halogenated alkanes) is 1. The van der Waals surface area contributed by atoms with Crippen LogP contribution in [0.3, 0.4) is 0 Å². The van der Waals surface area contributed by atoms with Crippen LogP contribution >= 0.6 is 36.1 Å². The van der Waals surface area contributed by atoms with Gasteiger partial charge in [0.15, 0.2) is 5.71 Å². The summed E-state index contributed by atoms with van der Waals surface area (Å²) in [5.41, 5.74) is 6.27. The van der Waals surface area contributed by atoms with Crippen LogP contribution in [0.15, 0.2) is 117 Å². The minimum Gasteiger partial charge on any atom is -0.748 e. The first kappa shape index (κ1) is 72.5. The molecule has 0 spiro atoms. The fraction of sp³-hybridized carbons (Fsp3) is 0.333. The Morgan fingerprint density at radius 2 is 1.44 bits per heavy atom. The van der Waals surface area contributed by atoms with E-state index in [4.69, 9.17) is 4.33 Å². The van der Waals surface area contributed by atoms with Crippen molar-refractivity contribution in [2.45, 2.75) is 98.7 Å². The molecule has 1 N–H and O–H groups in total. The van der Waals surface area contributed by atoms with E-state index in [1.54, 1.807) is 6.07 Å². The normalized spacial score (nSPS) is 15.2. The zero-order valence-electron chi connectivity index (χ0n) is 45.2. The van der Waals surface area contributed by atoms with Gasteiger partial charge in [-0.15, -0.1) is 0 Å². The fourth-order valence-electron chi connectivity index (χ4n) is 10.2. The van der Waals surface area contributed by atoms with Crippen LogP contribution in [0.5, 0.6) is 0 Å². The molecule has 0 amide bonds. The predicted octanol–water partition coefficient (Wildman–Crippen LogP) is -4.63. The van der Waals surface area contributed by atoms with Gasteiger partial charge in [0.2, 0.25) is 5.69 Å². The number of benzene rings is 5. The summed E-state index contributed by atoms with van der Waals surface area (Å²) in [4.78, 5) is 13.5. The van der Waals surface area contributed by atoms with Crippen molar-refractivity contribution in [3.8, 4) is 0 Å². The predicted molar refractivity (Wildman–Crippen MR) is 275 cm³/mol. The SMILES string of the molecule is Cc1cc(SOO[O-])cc2c3c(ccc12)N(CCCS(=O)(=O)[O-])/C(=C/C=C(/C=C/C1=[N+](CCCSOO[O-])c2ccc4c(SOO[O-])cc(S(=O)(=O)[O-])cc4c2C1(C)C)c1cccc(CCCCC(=O)O)c1)C3(C)C.[Na+].[Na+].[Na+].[Na+]. The van der Waals surface area contributed by atoms with Gasteiger partial charge >= 0.3 is 124 Å². The monoisotopic (exact) mass is 1220 g/mol. The van der Waals surface area contributed by atoms with Gasteiger partial charge in [-0.1, -0.05) is 50.3 Å². The van der Waals surface area contributed by atoms with Crippen LogP contribution in [0.2, 0.25) is 0 Å². The van der Waals surface area contributed by atoms with Crippen molar-refractivity contribution in [2.24, 2.45) is 0 Å². The zero-order valence-corrected chi connectivity index (χ0v) is 57.3. The van der Waals surface area contributed by atoms with Crippen molar-refractivity contribution in [1.82, 2.24) is 0 Å². The molecule has 2 aliphatic rings.